The number of para-hydroxylation sites is 1. The van der Waals surface area contributed by atoms with Crippen molar-refractivity contribution in [3.8, 4) is 0 Å². The van der Waals surface area contributed by atoms with Crippen LogP contribution in [0.2, 0.25) is 0 Å². The summed E-state index contributed by atoms with van der Waals surface area (Å²) in [5, 5.41) is 13.4. The van der Waals surface area contributed by atoms with Gasteiger partial charge in [-0.25, -0.2) is 0 Å². The summed E-state index contributed by atoms with van der Waals surface area (Å²) >= 11 is 0. The molecule has 0 radical (unpaired) electrons. The van der Waals surface area contributed by atoms with Gasteiger partial charge in [0, 0.05) is 24.6 Å². The smallest absolute Gasteiger partial charge is 0.311 e. The number of rotatable bonds is 10. The van der Waals surface area contributed by atoms with Gasteiger partial charge in [0.15, 0.2) is 6.61 Å². The third-order valence-corrected chi connectivity index (χ3v) is 3.07. The first-order chi connectivity index (χ1) is 11.9. The van der Waals surface area contributed by atoms with Crippen LogP contribution in [0.25, 0.3) is 0 Å². The van der Waals surface area contributed by atoms with Crippen molar-refractivity contribution in [2.75, 3.05) is 19.8 Å². The lowest BCUT2D eigenvalue weighted by Gasteiger charge is -2.07. The predicted molar refractivity (Wildman–Crippen MR) is 86.6 cm³/mol. The molecule has 136 valence electrons. The molecule has 0 saturated carbocycles. The molecule has 0 saturated heterocycles. The second kappa shape index (κ2) is 10.7. The van der Waals surface area contributed by atoms with Crippen LogP contribution in [-0.2, 0) is 30.3 Å². The van der Waals surface area contributed by atoms with Crippen LogP contribution in [0, 0.1) is 10.1 Å². The highest BCUT2D eigenvalue weighted by Gasteiger charge is 2.17. The Morgan fingerprint density at radius 1 is 1.16 bits per heavy atom. The number of esters is 2. The van der Waals surface area contributed by atoms with Gasteiger partial charge in [0.05, 0.1) is 18.0 Å². The number of carbonyl (C=O) groups excluding carboxylic acids is 3. The molecule has 0 aliphatic carbocycles. The summed E-state index contributed by atoms with van der Waals surface area (Å²) in [6, 6.07) is 5.82. The second-order valence-corrected chi connectivity index (χ2v) is 4.98. The van der Waals surface area contributed by atoms with Gasteiger partial charge in [-0.05, 0) is 13.3 Å². The lowest BCUT2D eigenvalue weighted by atomic mass is 10.1. The monoisotopic (exact) mass is 352 g/mol. The van der Waals surface area contributed by atoms with Gasteiger partial charge in [-0.1, -0.05) is 18.2 Å². The molecule has 1 amide bonds. The van der Waals surface area contributed by atoms with Gasteiger partial charge >= 0.3 is 11.9 Å². The maximum atomic E-state index is 11.7. The number of benzene rings is 1. The van der Waals surface area contributed by atoms with E-state index in [1.165, 1.54) is 18.2 Å². The van der Waals surface area contributed by atoms with Crippen molar-refractivity contribution in [2.24, 2.45) is 0 Å². The van der Waals surface area contributed by atoms with Crippen LogP contribution < -0.4 is 5.32 Å². The highest BCUT2D eigenvalue weighted by Crippen LogP contribution is 2.18. The lowest BCUT2D eigenvalue weighted by molar-refractivity contribution is -0.385. The molecule has 9 heteroatoms. The number of amides is 1. The number of hydrogen-bond acceptors (Lipinski definition) is 7. The molecule has 1 aromatic carbocycles. The van der Waals surface area contributed by atoms with Crippen LogP contribution in [0.5, 0.6) is 0 Å². The van der Waals surface area contributed by atoms with E-state index >= 15 is 0 Å². The summed E-state index contributed by atoms with van der Waals surface area (Å²) in [6.45, 7) is 1.77. The molecule has 0 aliphatic rings. The highest BCUT2D eigenvalue weighted by atomic mass is 16.6. The van der Waals surface area contributed by atoms with Crippen LogP contribution >= 0.6 is 0 Å². The van der Waals surface area contributed by atoms with E-state index in [1.54, 1.807) is 13.0 Å². The molecule has 0 aliphatic heterocycles. The maximum absolute atomic E-state index is 11.7. The van der Waals surface area contributed by atoms with E-state index in [9.17, 15) is 24.5 Å². The fraction of sp³-hybridized carbons (Fsp3) is 0.438. The van der Waals surface area contributed by atoms with Crippen molar-refractivity contribution in [1.29, 1.82) is 0 Å². The normalized spacial score (nSPS) is 9.96. The molecule has 1 aromatic rings. The largest absolute Gasteiger partial charge is 0.466 e. The number of carbonyl (C=O) groups is 3. The van der Waals surface area contributed by atoms with E-state index in [4.69, 9.17) is 9.47 Å². The Hall–Kier alpha value is -2.97. The number of nitro benzene ring substituents is 1. The lowest BCUT2D eigenvalue weighted by Crippen LogP contribution is -2.30. The van der Waals surface area contributed by atoms with Gasteiger partial charge in [-0.3, -0.25) is 24.5 Å². The number of nitrogens with one attached hydrogen (secondary N) is 1. The zero-order valence-electron chi connectivity index (χ0n) is 13.9. The molecule has 0 atom stereocenters. The molecule has 1 rings (SSSR count). The fourth-order valence-corrected chi connectivity index (χ4v) is 1.94. The summed E-state index contributed by atoms with van der Waals surface area (Å²) in [4.78, 5) is 44.6. The third-order valence-electron chi connectivity index (χ3n) is 3.07. The number of ether oxygens (including phenoxy) is 2. The van der Waals surface area contributed by atoms with Gasteiger partial charge in [-0.2, -0.15) is 0 Å². The minimum atomic E-state index is -0.740. The molecular weight excluding hydrogens is 332 g/mol. The Labute approximate surface area is 144 Å². The molecule has 25 heavy (non-hydrogen) atoms. The first-order valence-electron chi connectivity index (χ1n) is 7.74. The molecular formula is C16H20N2O7. The minimum Gasteiger partial charge on any atom is -0.466 e. The molecule has 0 aromatic heterocycles. The Kier molecular flexibility index (Phi) is 8.62. The van der Waals surface area contributed by atoms with Crippen molar-refractivity contribution in [3.63, 3.8) is 0 Å². The predicted octanol–water partition coefficient (Wildman–Crippen LogP) is 1.14. The van der Waals surface area contributed by atoms with Crippen LogP contribution in [0.15, 0.2) is 24.3 Å². The van der Waals surface area contributed by atoms with E-state index in [-0.39, 0.29) is 36.6 Å². The Morgan fingerprint density at radius 3 is 2.56 bits per heavy atom. The first-order valence-corrected chi connectivity index (χ1v) is 7.74. The molecule has 0 fully saturated rings. The van der Waals surface area contributed by atoms with E-state index in [0.29, 0.717) is 13.0 Å². The second-order valence-electron chi connectivity index (χ2n) is 4.98. The number of hydrogen-bond donors (Lipinski definition) is 1. The van der Waals surface area contributed by atoms with Crippen LogP contribution in [0.4, 0.5) is 5.69 Å². The topological polar surface area (TPSA) is 125 Å². The first kappa shape index (κ1) is 20.1. The van der Waals surface area contributed by atoms with Crippen LogP contribution in [-0.4, -0.2) is 42.5 Å². The third kappa shape index (κ3) is 7.91. The van der Waals surface area contributed by atoms with Gasteiger partial charge in [-0.15, -0.1) is 0 Å². The van der Waals surface area contributed by atoms with Gasteiger partial charge in [0.2, 0.25) is 0 Å². The van der Waals surface area contributed by atoms with Crippen molar-refractivity contribution in [3.05, 3.63) is 39.9 Å². The van der Waals surface area contributed by atoms with E-state index in [1.807, 2.05) is 0 Å². The number of nitro groups is 1. The number of nitrogens with zero attached hydrogens (tertiary/aromatic N) is 1. The molecule has 0 heterocycles. The molecule has 9 nitrogen and oxygen atoms in total. The average Bonchev–Trinajstić information content (AvgIpc) is 2.57. The standard InChI is InChI=1S/C16H20N2O7/c1-2-24-15(20)8-5-9-17-14(19)11-25-16(21)10-12-6-3-4-7-13(12)18(22)23/h3-4,6-7H,2,5,8-11H2,1H3,(H,17,19). The summed E-state index contributed by atoms with van der Waals surface area (Å²) in [6.07, 6.45) is 0.299. The van der Waals surface area contributed by atoms with E-state index in [0.717, 1.165) is 0 Å². The zero-order valence-corrected chi connectivity index (χ0v) is 13.9. The highest BCUT2D eigenvalue weighted by molar-refractivity contribution is 5.81. The van der Waals surface area contributed by atoms with Crippen molar-refractivity contribution in [2.45, 2.75) is 26.2 Å². The summed E-state index contributed by atoms with van der Waals surface area (Å²) < 4.78 is 9.54. The summed E-state index contributed by atoms with van der Waals surface area (Å²) in [7, 11) is 0. The van der Waals surface area contributed by atoms with Gasteiger partial charge in [0.25, 0.3) is 11.6 Å². The fourth-order valence-electron chi connectivity index (χ4n) is 1.94. The van der Waals surface area contributed by atoms with Crippen LogP contribution in [0.3, 0.4) is 0 Å². The average molecular weight is 352 g/mol. The van der Waals surface area contributed by atoms with Crippen LogP contribution in [0.1, 0.15) is 25.3 Å². The summed E-state index contributed by atoms with van der Waals surface area (Å²) in [5.41, 5.74) is 0.0372. The molecule has 0 bridgehead atoms. The minimum absolute atomic E-state index is 0.178. The van der Waals surface area contributed by atoms with Gasteiger partial charge < -0.3 is 14.8 Å². The van der Waals surface area contributed by atoms with E-state index < -0.39 is 23.4 Å². The summed E-state index contributed by atoms with van der Waals surface area (Å²) in [5.74, 6) is -1.59. The molecule has 0 unspecified atom stereocenters. The SMILES string of the molecule is CCOC(=O)CCCNC(=O)COC(=O)Cc1ccccc1[N+](=O)[O-]. The Morgan fingerprint density at radius 2 is 1.88 bits per heavy atom. The van der Waals surface area contributed by atoms with Crippen molar-refractivity contribution < 1.29 is 28.8 Å². The Bertz CT molecular complexity index is 631. The Balaban J connectivity index is 2.29. The van der Waals surface area contributed by atoms with Crippen molar-refractivity contribution in [1.82, 2.24) is 5.32 Å². The van der Waals surface area contributed by atoms with Gasteiger partial charge in [0.1, 0.15) is 0 Å². The quantitative estimate of drug-likeness (QED) is 0.290. The molecule has 0 spiro atoms. The molecule has 1 N–H and O–H groups in total. The zero-order chi connectivity index (χ0) is 18.7. The van der Waals surface area contributed by atoms with Crippen molar-refractivity contribution >= 4 is 23.5 Å². The van der Waals surface area contributed by atoms with E-state index in [2.05, 4.69) is 5.32 Å². The maximum Gasteiger partial charge on any atom is 0.311 e.